The molecule has 0 aliphatic heterocycles. The number of amides is 1. The molecule has 0 unspecified atom stereocenters. The Kier molecular flexibility index (Phi) is 8.01. The van der Waals surface area contributed by atoms with E-state index in [0.29, 0.717) is 11.8 Å². The van der Waals surface area contributed by atoms with E-state index in [1.54, 1.807) is 6.20 Å². The van der Waals surface area contributed by atoms with E-state index in [2.05, 4.69) is 44.0 Å². The van der Waals surface area contributed by atoms with Crippen molar-refractivity contribution >= 4 is 5.91 Å². The maximum atomic E-state index is 12.3. The van der Waals surface area contributed by atoms with Gasteiger partial charge in [0.1, 0.15) is 11.6 Å². The highest BCUT2D eigenvalue weighted by Gasteiger charge is 2.19. The highest BCUT2D eigenvalue weighted by Crippen LogP contribution is 2.18. The van der Waals surface area contributed by atoms with Crippen LogP contribution in [0.15, 0.2) is 11.8 Å². The van der Waals surface area contributed by atoms with E-state index in [4.69, 9.17) is 0 Å². The van der Waals surface area contributed by atoms with E-state index < -0.39 is 0 Å². The Morgan fingerprint density at radius 3 is 2.18 bits per heavy atom. The lowest BCUT2D eigenvalue weighted by molar-refractivity contribution is -0.118. The van der Waals surface area contributed by atoms with E-state index in [1.165, 1.54) is 19.3 Å². The molecule has 124 valence electrons. The van der Waals surface area contributed by atoms with Crippen molar-refractivity contribution in [2.45, 2.75) is 65.8 Å². The molecule has 4 heteroatoms. The molecule has 22 heavy (non-hydrogen) atoms. The van der Waals surface area contributed by atoms with Crippen molar-refractivity contribution in [1.29, 1.82) is 5.26 Å². The molecule has 0 aromatic heterocycles. The fourth-order valence-corrected chi connectivity index (χ4v) is 2.95. The SMILES string of the molecule is CC(C)CN(/C=C(/C#N)C(=O)NC1CCCCC1)CC(C)C. The summed E-state index contributed by atoms with van der Waals surface area (Å²) in [6.07, 6.45) is 7.41. The summed E-state index contributed by atoms with van der Waals surface area (Å²) >= 11 is 0. The third-order valence-electron chi connectivity index (χ3n) is 3.82. The molecule has 0 aromatic rings. The van der Waals surface area contributed by atoms with Gasteiger partial charge in [0.05, 0.1) is 0 Å². The molecule has 0 spiro atoms. The van der Waals surface area contributed by atoms with Gasteiger partial charge >= 0.3 is 0 Å². The van der Waals surface area contributed by atoms with Gasteiger partial charge in [-0.25, -0.2) is 0 Å². The van der Waals surface area contributed by atoms with Gasteiger partial charge in [-0.2, -0.15) is 5.26 Å². The fourth-order valence-electron chi connectivity index (χ4n) is 2.95. The van der Waals surface area contributed by atoms with Crippen LogP contribution >= 0.6 is 0 Å². The van der Waals surface area contributed by atoms with Gasteiger partial charge in [-0.1, -0.05) is 47.0 Å². The molecule has 0 bridgehead atoms. The molecule has 1 fully saturated rings. The molecule has 1 amide bonds. The first-order valence-corrected chi connectivity index (χ1v) is 8.59. The van der Waals surface area contributed by atoms with Crippen LogP contribution in [-0.2, 0) is 4.79 Å². The number of nitriles is 1. The molecule has 1 saturated carbocycles. The Bertz CT molecular complexity index is 405. The van der Waals surface area contributed by atoms with Crippen LogP contribution in [0.25, 0.3) is 0 Å². The van der Waals surface area contributed by atoms with Gasteiger partial charge in [-0.05, 0) is 24.7 Å². The molecule has 1 N–H and O–H groups in total. The van der Waals surface area contributed by atoms with Crippen molar-refractivity contribution in [3.8, 4) is 6.07 Å². The van der Waals surface area contributed by atoms with Crippen LogP contribution in [0.5, 0.6) is 0 Å². The minimum atomic E-state index is -0.216. The summed E-state index contributed by atoms with van der Waals surface area (Å²) in [5.41, 5.74) is 0.229. The highest BCUT2D eigenvalue weighted by atomic mass is 16.1. The van der Waals surface area contributed by atoms with E-state index in [1.807, 2.05) is 0 Å². The summed E-state index contributed by atoms with van der Waals surface area (Å²) in [6, 6.07) is 2.31. The van der Waals surface area contributed by atoms with E-state index >= 15 is 0 Å². The van der Waals surface area contributed by atoms with Crippen molar-refractivity contribution in [3.05, 3.63) is 11.8 Å². The molecular weight excluding hydrogens is 274 g/mol. The van der Waals surface area contributed by atoms with Gasteiger partial charge in [-0.3, -0.25) is 4.79 Å². The molecule has 0 saturated heterocycles. The fraction of sp³-hybridized carbons (Fsp3) is 0.778. The molecule has 1 rings (SSSR count). The number of hydrogen-bond donors (Lipinski definition) is 1. The van der Waals surface area contributed by atoms with Gasteiger partial charge < -0.3 is 10.2 Å². The zero-order valence-corrected chi connectivity index (χ0v) is 14.6. The van der Waals surface area contributed by atoms with E-state index in [9.17, 15) is 10.1 Å². The van der Waals surface area contributed by atoms with Crippen LogP contribution in [0.4, 0.5) is 0 Å². The van der Waals surface area contributed by atoms with Crippen LogP contribution in [0.1, 0.15) is 59.8 Å². The largest absolute Gasteiger partial charge is 0.376 e. The minimum absolute atomic E-state index is 0.216. The third-order valence-corrected chi connectivity index (χ3v) is 3.82. The van der Waals surface area contributed by atoms with Crippen molar-refractivity contribution < 1.29 is 4.79 Å². The average molecular weight is 305 g/mol. The normalized spacial score (nSPS) is 16.7. The van der Waals surface area contributed by atoms with Crippen LogP contribution in [0.3, 0.4) is 0 Å². The number of carbonyl (C=O) groups excluding carboxylic acids is 1. The summed E-state index contributed by atoms with van der Waals surface area (Å²) in [5.74, 6) is 0.777. The van der Waals surface area contributed by atoms with Crippen LogP contribution in [0.2, 0.25) is 0 Å². The standard InChI is InChI=1S/C18H31N3O/c1-14(2)11-21(12-15(3)4)13-16(10-19)18(22)20-17-8-6-5-7-9-17/h13-15,17H,5-9,11-12H2,1-4H3,(H,20,22)/b16-13-. The minimum Gasteiger partial charge on any atom is -0.376 e. The molecule has 1 aliphatic carbocycles. The van der Waals surface area contributed by atoms with E-state index in [-0.39, 0.29) is 17.5 Å². The van der Waals surface area contributed by atoms with Crippen LogP contribution < -0.4 is 5.32 Å². The van der Waals surface area contributed by atoms with Crippen molar-refractivity contribution in [3.63, 3.8) is 0 Å². The van der Waals surface area contributed by atoms with Gasteiger partial charge in [0, 0.05) is 25.3 Å². The predicted molar refractivity (Wildman–Crippen MR) is 90.0 cm³/mol. The number of rotatable bonds is 7. The summed E-state index contributed by atoms with van der Waals surface area (Å²) in [4.78, 5) is 14.4. The van der Waals surface area contributed by atoms with Crippen molar-refractivity contribution in [2.75, 3.05) is 13.1 Å². The molecule has 4 nitrogen and oxygen atoms in total. The molecule has 1 aliphatic rings. The lowest BCUT2D eigenvalue weighted by Gasteiger charge is -2.26. The molecule has 0 aromatic carbocycles. The second-order valence-corrected chi connectivity index (χ2v) is 7.20. The summed E-state index contributed by atoms with van der Waals surface area (Å²) in [5, 5.41) is 12.4. The molecular formula is C18H31N3O. The first-order valence-electron chi connectivity index (χ1n) is 8.59. The number of nitrogens with zero attached hydrogens (tertiary/aromatic N) is 2. The maximum Gasteiger partial charge on any atom is 0.263 e. The first kappa shape index (κ1) is 18.5. The lowest BCUT2D eigenvalue weighted by atomic mass is 9.95. The van der Waals surface area contributed by atoms with Gasteiger partial charge in [0.15, 0.2) is 0 Å². The van der Waals surface area contributed by atoms with Gasteiger partial charge in [0.2, 0.25) is 0 Å². The molecule has 0 heterocycles. The Hall–Kier alpha value is -1.50. The van der Waals surface area contributed by atoms with Crippen LogP contribution in [-0.4, -0.2) is 29.9 Å². The highest BCUT2D eigenvalue weighted by molar-refractivity contribution is 5.97. The predicted octanol–water partition coefficient (Wildman–Crippen LogP) is 3.46. The molecule has 0 atom stereocenters. The van der Waals surface area contributed by atoms with Gasteiger partial charge in [0.25, 0.3) is 5.91 Å². The van der Waals surface area contributed by atoms with Crippen LogP contribution in [0, 0.1) is 23.2 Å². The Morgan fingerprint density at radius 1 is 1.18 bits per heavy atom. The molecule has 0 radical (unpaired) electrons. The zero-order chi connectivity index (χ0) is 16.5. The smallest absolute Gasteiger partial charge is 0.263 e. The summed E-state index contributed by atoms with van der Waals surface area (Å²) in [6.45, 7) is 10.3. The van der Waals surface area contributed by atoms with E-state index in [0.717, 1.165) is 25.9 Å². The number of carbonyl (C=O) groups is 1. The quantitative estimate of drug-likeness (QED) is 0.579. The summed E-state index contributed by atoms with van der Waals surface area (Å²) < 4.78 is 0. The Labute approximate surface area is 135 Å². The zero-order valence-electron chi connectivity index (χ0n) is 14.6. The lowest BCUT2D eigenvalue weighted by Crippen LogP contribution is -2.37. The maximum absolute atomic E-state index is 12.3. The summed E-state index contributed by atoms with van der Waals surface area (Å²) in [7, 11) is 0. The first-order chi connectivity index (χ1) is 10.4. The third kappa shape index (κ3) is 6.98. The Balaban J connectivity index is 2.71. The Morgan fingerprint density at radius 2 is 1.73 bits per heavy atom. The topological polar surface area (TPSA) is 56.1 Å². The number of nitrogens with one attached hydrogen (secondary N) is 1. The van der Waals surface area contributed by atoms with Gasteiger partial charge in [-0.15, -0.1) is 0 Å². The number of hydrogen-bond acceptors (Lipinski definition) is 3. The van der Waals surface area contributed by atoms with Crippen molar-refractivity contribution in [2.24, 2.45) is 11.8 Å². The average Bonchev–Trinajstić information content (AvgIpc) is 2.44. The second-order valence-electron chi connectivity index (χ2n) is 7.20. The van der Waals surface area contributed by atoms with Crippen molar-refractivity contribution in [1.82, 2.24) is 10.2 Å². The monoisotopic (exact) mass is 305 g/mol. The second kappa shape index (κ2) is 9.50.